The fraction of sp³-hybridized carbons (Fsp3) is 0.917. The maximum absolute atomic E-state index is 11.0. The summed E-state index contributed by atoms with van der Waals surface area (Å²) in [6, 6.07) is 0. The van der Waals surface area contributed by atoms with Crippen LogP contribution >= 0.6 is 11.6 Å². The smallest absolute Gasteiger partial charge is 0.324 e. The van der Waals surface area contributed by atoms with Crippen molar-refractivity contribution in [2.24, 2.45) is 0 Å². The van der Waals surface area contributed by atoms with E-state index in [1.54, 1.807) is 0 Å². The predicted molar refractivity (Wildman–Crippen MR) is 62.1 cm³/mol. The second-order valence-electron chi connectivity index (χ2n) is 4.32. The maximum Gasteiger partial charge on any atom is 0.324 e. The van der Waals surface area contributed by atoms with Crippen LogP contribution in [0.25, 0.3) is 0 Å². The van der Waals surface area contributed by atoms with Gasteiger partial charge in [-0.1, -0.05) is 39.0 Å². The lowest BCUT2D eigenvalue weighted by Gasteiger charge is -2.07. The van der Waals surface area contributed by atoms with Crippen LogP contribution in [0.2, 0.25) is 0 Å². The number of unbranched alkanes of at least 4 members (excludes halogenated alkanes) is 5. The van der Waals surface area contributed by atoms with Crippen molar-refractivity contribution >= 4 is 17.6 Å². The van der Waals surface area contributed by atoms with Crippen molar-refractivity contribution in [1.82, 2.24) is 0 Å². The normalized spacial score (nSPS) is 25.6. The van der Waals surface area contributed by atoms with Gasteiger partial charge in [0.2, 0.25) is 0 Å². The molecule has 0 aromatic heterocycles. The van der Waals surface area contributed by atoms with Gasteiger partial charge in [0, 0.05) is 6.42 Å². The first-order chi connectivity index (χ1) is 7.24. The van der Waals surface area contributed by atoms with Gasteiger partial charge in [-0.05, 0) is 12.8 Å². The summed E-state index contributed by atoms with van der Waals surface area (Å²) in [6.45, 7) is 2.22. The van der Waals surface area contributed by atoms with Crippen LogP contribution in [0, 0.1) is 0 Å². The van der Waals surface area contributed by atoms with Gasteiger partial charge in [0.1, 0.15) is 11.5 Å². The summed E-state index contributed by atoms with van der Waals surface area (Å²) in [6.07, 6.45) is 9.45. The second kappa shape index (κ2) is 7.10. The van der Waals surface area contributed by atoms with E-state index in [9.17, 15) is 4.79 Å². The van der Waals surface area contributed by atoms with Crippen molar-refractivity contribution < 1.29 is 9.53 Å². The monoisotopic (exact) mass is 232 g/mol. The number of cyclic esters (lactones) is 1. The topological polar surface area (TPSA) is 26.3 Å². The molecule has 0 spiro atoms. The molecule has 15 heavy (non-hydrogen) atoms. The van der Waals surface area contributed by atoms with E-state index in [-0.39, 0.29) is 12.1 Å². The molecule has 1 fully saturated rings. The SMILES string of the molecule is CCCCCCCC[C@H]1C[C@H](Cl)C(=O)O1. The van der Waals surface area contributed by atoms with Crippen LogP contribution < -0.4 is 0 Å². The first kappa shape index (κ1) is 12.8. The second-order valence-corrected chi connectivity index (χ2v) is 4.85. The zero-order valence-corrected chi connectivity index (χ0v) is 10.3. The molecule has 1 aliphatic rings. The molecule has 2 atom stereocenters. The van der Waals surface area contributed by atoms with Gasteiger partial charge in [0.25, 0.3) is 0 Å². The van der Waals surface area contributed by atoms with E-state index in [1.165, 1.54) is 32.1 Å². The molecule has 3 heteroatoms. The first-order valence-electron chi connectivity index (χ1n) is 6.08. The van der Waals surface area contributed by atoms with Gasteiger partial charge < -0.3 is 4.74 Å². The molecule has 2 nitrogen and oxygen atoms in total. The fourth-order valence-corrected chi connectivity index (χ4v) is 2.19. The van der Waals surface area contributed by atoms with Crippen LogP contribution in [0.3, 0.4) is 0 Å². The van der Waals surface area contributed by atoms with Crippen molar-refractivity contribution in [1.29, 1.82) is 0 Å². The molecule has 0 radical (unpaired) electrons. The van der Waals surface area contributed by atoms with Crippen molar-refractivity contribution in [2.75, 3.05) is 0 Å². The molecular weight excluding hydrogens is 212 g/mol. The molecule has 0 bridgehead atoms. The number of rotatable bonds is 7. The van der Waals surface area contributed by atoms with Gasteiger partial charge in [0.15, 0.2) is 0 Å². The first-order valence-corrected chi connectivity index (χ1v) is 6.52. The largest absolute Gasteiger partial charge is 0.461 e. The van der Waals surface area contributed by atoms with Gasteiger partial charge in [-0.15, -0.1) is 11.6 Å². The average molecular weight is 233 g/mol. The van der Waals surface area contributed by atoms with Crippen molar-refractivity contribution in [2.45, 2.75) is 69.8 Å². The zero-order valence-electron chi connectivity index (χ0n) is 9.51. The Hall–Kier alpha value is -0.240. The molecule has 1 rings (SSSR count). The molecule has 0 N–H and O–H groups in total. The minimum Gasteiger partial charge on any atom is -0.461 e. The van der Waals surface area contributed by atoms with Gasteiger partial charge in [-0.2, -0.15) is 0 Å². The molecule has 1 heterocycles. The van der Waals surface area contributed by atoms with Crippen LogP contribution in [-0.4, -0.2) is 17.5 Å². The van der Waals surface area contributed by atoms with Crippen molar-refractivity contribution in [3.05, 3.63) is 0 Å². The highest BCUT2D eigenvalue weighted by Crippen LogP contribution is 2.23. The Morgan fingerprint density at radius 3 is 2.53 bits per heavy atom. The minimum atomic E-state index is -0.393. The number of ether oxygens (including phenoxy) is 1. The minimum absolute atomic E-state index is 0.0891. The number of hydrogen-bond acceptors (Lipinski definition) is 2. The Kier molecular flexibility index (Phi) is 6.07. The molecule has 1 aliphatic heterocycles. The quantitative estimate of drug-likeness (QED) is 0.380. The summed E-state index contributed by atoms with van der Waals surface area (Å²) in [5.41, 5.74) is 0. The van der Waals surface area contributed by atoms with E-state index < -0.39 is 5.38 Å². The van der Waals surface area contributed by atoms with Gasteiger partial charge in [-0.3, -0.25) is 4.79 Å². The lowest BCUT2D eigenvalue weighted by molar-refractivity contribution is -0.141. The molecule has 0 amide bonds. The Balaban J connectivity index is 1.95. The lowest BCUT2D eigenvalue weighted by atomic mass is 10.1. The number of carbonyl (C=O) groups is 1. The zero-order chi connectivity index (χ0) is 11.1. The molecule has 0 aliphatic carbocycles. The Morgan fingerprint density at radius 1 is 1.27 bits per heavy atom. The van der Waals surface area contributed by atoms with Gasteiger partial charge in [0.05, 0.1) is 0 Å². The summed E-state index contributed by atoms with van der Waals surface area (Å²) >= 11 is 5.76. The summed E-state index contributed by atoms with van der Waals surface area (Å²) in [7, 11) is 0. The summed E-state index contributed by atoms with van der Waals surface area (Å²) in [5.74, 6) is -0.229. The number of alkyl halides is 1. The third-order valence-electron chi connectivity index (χ3n) is 2.89. The molecule has 1 saturated heterocycles. The maximum atomic E-state index is 11.0. The molecular formula is C12H21ClO2. The number of esters is 1. The lowest BCUT2D eigenvalue weighted by Crippen LogP contribution is -2.06. The molecule has 88 valence electrons. The number of carbonyl (C=O) groups excluding carboxylic acids is 1. The van der Waals surface area contributed by atoms with E-state index in [1.807, 2.05) is 0 Å². The van der Waals surface area contributed by atoms with E-state index >= 15 is 0 Å². The number of halogens is 1. The van der Waals surface area contributed by atoms with Crippen LogP contribution in [0.15, 0.2) is 0 Å². The highest BCUT2D eigenvalue weighted by atomic mass is 35.5. The summed E-state index contributed by atoms with van der Waals surface area (Å²) in [5, 5.41) is -0.393. The van der Waals surface area contributed by atoms with E-state index in [2.05, 4.69) is 6.92 Å². The summed E-state index contributed by atoms with van der Waals surface area (Å²) < 4.78 is 5.13. The number of hydrogen-bond donors (Lipinski definition) is 0. The van der Waals surface area contributed by atoms with E-state index in [4.69, 9.17) is 16.3 Å². The molecule has 0 aromatic carbocycles. The van der Waals surface area contributed by atoms with Gasteiger partial charge >= 0.3 is 5.97 Å². The standard InChI is InChI=1S/C12H21ClO2/c1-2-3-4-5-6-7-8-10-9-11(13)12(14)15-10/h10-11H,2-9H2,1H3/t10-,11-/m0/s1. The predicted octanol–water partition coefficient (Wildman–Crippen LogP) is 3.66. The molecule has 0 aromatic rings. The van der Waals surface area contributed by atoms with Crippen LogP contribution in [0.5, 0.6) is 0 Å². The van der Waals surface area contributed by atoms with Crippen LogP contribution in [-0.2, 0) is 9.53 Å². The third-order valence-corrected chi connectivity index (χ3v) is 3.24. The Bertz CT molecular complexity index is 194. The highest BCUT2D eigenvalue weighted by molar-refractivity contribution is 6.30. The van der Waals surface area contributed by atoms with Crippen molar-refractivity contribution in [3.8, 4) is 0 Å². The average Bonchev–Trinajstić information content (AvgIpc) is 2.52. The Labute approximate surface area is 97.3 Å². The molecule has 0 unspecified atom stereocenters. The van der Waals surface area contributed by atoms with Crippen molar-refractivity contribution in [3.63, 3.8) is 0 Å². The summed E-state index contributed by atoms with van der Waals surface area (Å²) in [4.78, 5) is 11.0. The molecule has 0 saturated carbocycles. The fourth-order valence-electron chi connectivity index (χ4n) is 1.94. The highest BCUT2D eigenvalue weighted by Gasteiger charge is 2.31. The van der Waals surface area contributed by atoms with Crippen LogP contribution in [0.1, 0.15) is 58.3 Å². The van der Waals surface area contributed by atoms with E-state index in [0.29, 0.717) is 6.42 Å². The third kappa shape index (κ3) is 4.87. The van der Waals surface area contributed by atoms with Gasteiger partial charge in [-0.25, -0.2) is 0 Å². The Morgan fingerprint density at radius 2 is 1.93 bits per heavy atom. The van der Waals surface area contributed by atoms with E-state index in [0.717, 1.165) is 12.8 Å². The van der Waals surface area contributed by atoms with Crippen LogP contribution in [0.4, 0.5) is 0 Å².